The van der Waals surface area contributed by atoms with E-state index >= 15 is 0 Å². The van der Waals surface area contributed by atoms with Gasteiger partial charge in [-0.3, -0.25) is 10.1 Å². The van der Waals surface area contributed by atoms with E-state index in [4.69, 9.17) is 4.74 Å². The van der Waals surface area contributed by atoms with E-state index in [0.717, 1.165) is 6.07 Å². The maximum Gasteiger partial charge on any atom is 0.273 e. The van der Waals surface area contributed by atoms with Crippen LogP contribution in [0, 0.1) is 23.0 Å². The molecule has 0 aliphatic carbocycles. The average molecular weight is 330 g/mol. The zero-order chi connectivity index (χ0) is 16.8. The zero-order valence-corrected chi connectivity index (χ0v) is 13.9. The molecule has 1 aromatic carbocycles. The Morgan fingerprint density at radius 3 is 2.64 bits per heavy atom. The quantitative estimate of drug-likeness (QED) is 0.425. The first-order chi connectivity index (χ1) is 10.2. The van der Waals surface area contributed by atoms with Crippen molar-refractivity contribution in [1.29, 1.82) is 0 Å². The summed E-state index contributed by atoms with van der Waals surface area (Å²) in [5.74, 6) is 0.435. The molecule has 0 bridgehead atoms. The lowest BCUT2D eigenvalue weighted by atomic mass is 10.2. The van der Waals surface area contributed by atoms with Gasteiger partial charge in [-0.15, -0.1) is 0 Å². The molecule has 8 heteroatoms. The van der Waals surface area contributed by atoms with E-state index in [1.54, 1.807) is 6.92 Å². The van der Waals surface area contributed by atoms with Gasteiger partial charge in [0.05, 0.1) is 9.82 Å². The van der Waals surface area contributed by atoms with E-state index in [1.165, 1.54) is 12.1 Å². The molecule has 1 rings (SSSR count). The Morgan fingerprint density at radius 1 is 1.36 bits per heavy atom. The molecule has 1 aromatic rings. The third-order valence-electron chi connectivity index (χ3n) is 2.90. The van der Waals surface area contributed by atoms with Gasteiger partial charge in [-0.2, -0.15) is 0 Å². The molecule has 124 valence electrons. The number of hydrogen-bond acceptors (Lipinski definition) is 5. The normalized spacial score (nSPS) is 11.8. The topological polar surface area (TPSA) is 98.5 Å². The number of sulfonamides is 1. The number of benzene rings is 1. The summed E-state index contributed by atoms with van der Waals surface area (Å²) in [6.07, 6.45) is 0.542. The molecule has 0 unspecified atom stereocenters. The summed E-state index contributed by atoms with van der Waals surface area (Å²) < 4.78 is 31.9. The fourth-order valence-corrected chi connectivity index (χ4v) is 2.83. The Labute approximate surface area is 130 Å². The molecule has 0 heterocycles. The molecule has 0 aromatic heterocycles. The predicted octanol–water partition coefficient (Wildman–Crippen LogP) is 2.24. The third-order valence-corrected chi connectivity index (χ3v) is 4.36. The Kier molecular flexibility index (Phi) is 6.92. The molecule has 0 amide bonds. The maximum atomic E-state index is 12.1. The van der Waals surface area contributed by atoms with Gasteiger partial charge < -0.3 is 4.74 Å². The van der Waals surface area contributed by atoms with Crippen LogP contribution in [0.2, 0.25) is 0 Å². The molecular weight excluding hydrogens is 308 g/mol. The highest BCUT2D eigenvalue weighted by atomic mass is 32.2. The molecule has 0 saturated heterocycles. The SMILES string of the molecule is Cc1ccc(S(=O)(=O)NCCCOCC(C)C)cc1[N+](=O)[O-]. The van der Waals surface area contributed by atoms with Gasteiger partial charge in [0.15, 0.2) is 0 Å². The maximum absolute atomic E-state index is 12.1. The number of hydrogen-bond donors (Lipinski definition) is 1. The number of nitro benzene ring substituents is 1. The summed E-state index contributed by atoms with van der Waals surface area (Å²) in [6, 6.07) is 3.87. The van der Waals surface area contributed by atoms with Gasteiger partial charge in [0.25, 0.3) is 5.69 Å². The van der Waals surface area contributed by atoms with Crippen LogP contribution >= 0.6 is 0 Å². The van der Waals surface area contributed by atoms with Crippen LogP contribution in [0.5, 0.6) is 0 Å². The van der Waals surface area contributed by atoms with Gasteiger partial charge in [0, 0.05) is 31.4 Å². The first-order valence-electron chi connectivity index (χ1n) is 7.06. The van der Waals surface area contributed by atoms with Gasteiger partial charge in [-0.05, 0) is 25.3 Å². The van der Waals surface area contributed by atoms with Crippen LogP contribution < -0.4 is 4.72 Å². The molecule has 7 nitrogen and oxygen atoms in total. The van der Waals surface area contributed by atoms with Crippen molar-refractivity contribution in [2.45, 2.75) is 32.1 Å². The van der Waals surface area contributed by atoms with Gasteiger partial charge in [0.2, 0.25) is 10.0 Å². The van der Waals surface area contributed by atoms with Crippen LogP contribution in [0.3, 0.4) is 0 Å². The van der Waals surface area contributed by atoms with E-state index in [9.17, 15) is 18.5 Å². The first-order valence-corrected chi connectivity index (χ1v) is 8.55. The Morgan fingerprint density at radius 2 is 2.05 bits per heavy atom. The summed E-state index contributed by atoms with van der Waals surface area (Å²) in [5, 5.41) is 10.9. The van der Waals surface area contributed by atoms with Gasteiger partial charge in [-0.25, -0.2) is 13.1 Å². The number of aryl methyl sites for hydroxylation is 1. The smallest absolute Gasteiger partial charge is 0.273 e. The monoisotopic (exact) mass is 330 g/mol. The fraction of sp³-hybridized carbons (Fsp3) is 0.571. The van der Waals surface area contributed by atoms with Gasteiger partial charge >= 0.3 is 0 Å². The molecule has 0 atom stereocenters. The van der Waals surface area contributed by atoms with E-state index in [-0.39, 0.29) is 17.1 Å². The summed E-state index contributed by atoms with van der Waals surface area (Å²) in [6.45, 7) is 6.96. The summed E-state index contributed by atoms with van der Waals surface area (Å²) >= 11 is 0. The number of nitrogens with zero attached hydrogens (tertiary/aromatic N) is 1. The van der Waals surface area contributed by atoms with E-state index in [0.29, 0.717) is 31.1 Å². The van der Waals surface area contributed by atoms with Crippen molar-refractivity contribution in [3.8, 4) is 0 Å². The van der Waals surface area contributed by atoms with Crippen molar-refractivity contribution in [2.75, 3.05) is 19.8 Å². The van der Waals surface area contributed by atoms with E-state index in [2.05, 4.69) is 4.72 Å². The Balaban J connectivity index is 2.60. The number of ether oxygens (including phenoxy) is 1. The molecular formula is C14H22N2O5S. The van der Waals surface area contributed by atoms with E-state index < -0.39 is 14.9 Å². The molecule has 0 spiro atoms. The molecule has 0 aliphatic heterocycles. The van der Waals surface area contributed by atoms with Crippen LogP contribution in [0.25, 0.3) is 0 Å². The van der Waals surface area contributed by atoms with Gasteiger partial charge in [0.1, 0.15) is 0 Å². The molecule has 22 heavy (non-hydrogen) atoms. The van der Waals surface area contributed by atoms with Crippen molar-refractivity contribution in [3.05, 3.63) is 33.9 Å². The van der Waals surface area contributed by atoms with Crippen LogP contribution in [-0.2, 0) is 14.8 Å². The highest BCUT2D eigenvalue weighted by Gasteiger charge is 2.19. The highest BCUT2D eigenvalue weighted by Crippen LogP contribution is 2.21. The van der Waals surface area contributed by atoms with Crippen molar-refractivity contribution in [2.24, 2.45) is 5.92 Å². The van der Waals surface area contributed by atoms with Gasteiger partial charge in [-0.1, -0.05) is 19.9 Å². The number of rotatable bonds is 9. The Bertz CT molecular complexity index is 614. The largest absolute Gasteiger partial charge is 0.381 e. The summed E-state index contributed by atoms with van der Waals surface area (Å²) in [7, 11) is -3.75. The van der Waals surface area contributed by atoms with E-state index in [1.807, 2.05) is 13.8 Å². The second-order valence-corrected chi connectivity index (χ2v) is 7.19. The minimum Gasteiger partial charge on any atom is -0.381 e. The lowest BCUT2D eigenvalue weighted by Gasteiger charge is -2.09. The van der Waals surface area contributed by atoms with Crippen LogP contribution in [-0.4, -0.2) is 33.1 Å². The molecule has 0 radical (unpaired) electrons. The van der Waals surface area contributed by atoms with Crippen LogP contribution in [0.1, 0.15) is 25.8 Å². The summed E-state index contributed by atoms with van der Waals surface area (Å²) in [4.78, 5) is 10.2. The van der Waals surface area contributed by atoms with Crippen molar-refractivity contribution in [1.82, 2.24) is 4.72 Å². The second kappa shape index (κ2) is 8.21. The van der Waals surface area contributed by atoms with Crippen molar-refractivity contribution in [3.63, 3.8) is 0 Å². The highest BCUT2D eigenvalue weighted by molar-refractivity contribution is 7.89. The minimum absolute atomic E-state index is 0.104. The molecule has 0 saturated carbocycles. The molecule has 0 fully saturated rings. The van der Waals surface area contributed by atoms with Crippen LogP contribution in [0.15, 0.2) is 23.1 Å². The lowest BCUT2D eigenvalue weighted by Crippen LogP contribution is -2.25. The number of nitro groups is 1. The molecule has 1 N–H and O–H groups in total. The van der Waals surface area contributed by atoms with Crippen molar-refractivity contribution >= 4 is 15.7 Å². The minimum atomic E-state index is -3.75. The Hall–Kier alpha value is -1.51. The molecule has 0 aliphatic rings. The lowest BCUT2D eigenvalue weighted by molar-refractivity contribution is -0.385. The second-order valence-electron chi connectivity index (χ2n) is 5.43. The first kappa shape index (κ1) is 18.5. The third kappa shape index (κ3) is 5.70. The van der Waals surface area contributed by atoms with Crippen LogP contribution in [0.4, 0.5) is 5.69 Å². The average Bonchev–Trinajstić information content (AvgIpc) is 2.42. The zero-order valence-electron chi connectivity index (χ0n) is 13.0. The standard InChI is InChI=1S/C14H22N2O5S/c1-11(2)10-21-8-4-7-15-22(19,20)13-6-5-12(3)14(9-13)16(17)18/h5-6,9,11,15H,4,7-8,10H2,1-3H3. The van der Waals surface area contributed by atoms with Crippen molar-refractivity contribution < 1.29 is 18.1 Å². The fourth-order valence-electron chi connectivity index (χ4n) is 1.74. The predicted molar refractivity (Wildman–Crippen MR) is 83.3 cm³/mol. The number of nitrogens with one attached hydrogen (secondary N) is 1. The summed E-state index contributed by atoms with van der Waals surface area (Å²) in [5.41, 5.74) is 0.217.